The van der Waals surface area contributed by atoms with Gasteiger partial charge in [-0.3, -0.25) is 0 Å². The highest BCUT2D eigenvalue weighted by Crippen LogP contribution is 2.41. The van der Waals surface area contributed by atoms with Gasteiger partial charge in [0.25, 0.3) is 0 Å². The number of hydrogen-bond donors (Lipinski definition) is 0. The molecule has 0 atom stereocenters. The van der Waals surface area contributed by atoms with Crippen LogP contribution in [0.5, 0.6) is 0 Å². The topological polar surface area (TPSA) is 37.9 Å². The highest BCUT2D eigenvalue weighted by Gasteiger charge is 2.19. The zero-order chi connectivity index (χ0) is 32.5. The SMILES string of the molecule is Clc1cc2c(cc1C1=C/CC/C(c3ccc4c(c3)oc3ccccc34)=N/C(c3cccc4ccccc34)=N\1)sc1cc3ccccc3cc12. The Morgan fingerprint density at radius 1 is 0.551 bits per heavy atom. The number of furan rings is 1. The van der Waals surface area contributed by atoms with Gasteiger partial charge in [0.15, 0.2) is 5.84 Å². The van der Waals surface area contributed by atoms with Gasteiger partial charge in [-0.05, 0) is 82.4 Å². The van der Waals surface area contributed by atoms with E-state index in [1.807, 2.05) is 18.2 Å². The summed E-state index contributed by atoms with van der Waals surface area (Å²) < 4.78 is 8.71. The van der Waals surface area contributed by atoms with E-state index in [-0.39, 0.29) is 0 Å². The summed E-state index contributed by atoms with van der Waals surface area (Å²) in [4.78, 5) is 10.7. The van der Waals surface area contributed by atoms with Crippen molar-refractivity contribution in [3.63, 3.8) is 0 Å². The number of allylic oxidation sites excluding steroid dienone is 1. The molecular formula is C44H27ClN2OS. The molecule has 0 aliphatic carbocycles. The molecular weight excluding hydrogens is 640 g/mol. The normalized spacial score (nSPS) is 17.2. The Bertz CT molecular complexity index is 2900. The maximum atomic E-state index is 7.16. The zero-order valence-electron chi connectivity index (χ0n) is 26.3. The quantitative estimate of drug-likeness (QED) is 0.185. The molecule has 1 aliphatic heterocycles. The van der Waals surface area contributed by atoms with Crippen LogP contribution in [-0.2, 0) is 0 Å². The second-order valence-electron chi connectivity index (χ2n) is 12.6. The Morgan fingerprint density at radius 2 is 1.27 bits per heavy atom. The van der Waals surface area contributed by atoms with Gasteiger partial charge in [-0.1, -0.05) is 109 Å². The first-order valence-electron chi connectivity index (χ1n) is 16.5. The van der Waals surface area contributed by atoms with Gasteiger partial charge >= 0.3 is 0 Å². The van der Waals surface area contributed by atoms with Crippen molar-refractivity contribution < 1.29 is 4.42 Å². The summed E-state index contributed by atoms with van der Waals surface area (Å²) in [5.74, 6) is 0.668. The fourth-order valence-electron chi connectivity index (χ4n) is 7.22. The summed E-state index contributed by atoms with van der Waals surface area (Å²) in [5.41, 5.74) is 6.51. The molecule has 0 N–H and O–H groups in total. The van der Waals surface area contributed by atoms with Gasteiger partial charge in [-0.2, -0.15) is 0 Å². The molecule has 9 aromatic rings. The fraction of sp³-hybridized carbons (Fsp3) is 0.0455. The molecule has 0 spiro atoms. The summed E-state index contributed by atoms with van der Waals surface area (Å²) in [6.45, 7) is 0. The van der Waals surface area contributed by atoms with Crippen molar-refractivity contribution in [2.45, 2.75) is 12.8 Å². The molecule has 10 rings (SSSR count). The number of rotatable bonds is 3. The van der Waals surface area contributed by atoms with E-state index >= 15 is 0 Å². The average Bonchev–Trinajstić information content (AvgIpc) is 3.67. The van der Waals surface area contributed by atoms with E-state index in [1.54, 1.807) is 11.3 Å². The second kappa shape index (κ2) is 11.3. The van der Waals surface area contributed by atoms with Crippen LogP contribution in [0.15, 0.2) is 154 Å². The van der Waals surface area contributed by atoms with Crippen LogP contribution in [0.4, 0.5) is 0 Å². The molecule has 0 saturated carbocycles. The minimum absolute atomic E-state index is 0.668. The number of nitrogens with zero attached hydrogens (tertiary/aromatic N) is 2. The zero-order valence-corrected chi connectivity index (χ0v) is 27.9. The first kappa shape index (κ1) is 28.5. The summed E-state index contributed by atoms with van der Waals surface area (Å²) in [6.07, 6.45) is 3.73. The number of fused-ring (bicyclic) bond motifs is 8. The Hall–Kier alpha value is -5.55. The lowest BCUT2D eigenvalue weighted by molar-refractivity contribution is 0.669. The minimum Gasteiger partial charge on any atom is -0.456 e. The third-order valence-electron chi connectivity index (χ3n) is 9.63. The first-order valence-corrected chi connectivity index (χ1v) is 17.7. The Kier molecular flexibility index (Phi) is 6.55. The number of benzene rings is 7. The van der Waals surface area contributed by atoms with E-state index in [9.17, 15) is 0 Å². The van der Waals surface area contributed by atoms with Crippen LogP contribution < -0.4 is 0 Å². The van der Waals surface area contributed by atoms with Crippen LogP contribution >= 0.6 is 22.9 Å². The second-order valence-corrected chi connectivity index (χ2v) is 14.1. The van der Waals surface area contributed by atoms with E-state index < -0.39 is 0 Å². The maximum absolute atomic E-state index is 7.16. The van der Waals surface area contributed by atoms with Gasteiger partial charge in [-0.25, -0.2) is 9.98 Å². The van der Waals surface area contributed by atoms with E-state index in [0.29, 0.717) is 10.9 Å². The van der Waals surface area contributed by atoms with Crippen molar-refractivity contribution in [3.8, 4) is 0 Å². The molecule has 49 heavy (non-hydrogen) atoms. The van der Waals surface area contributed by atoms with Gasteiger partial charge < -0.3 is 4.42 Å². The van der Waals surface area contributed by atoms with Gasteiger partial charge in [0.2, 0.25) is 0 Å². The lowest BCUT2D eigenvalue weighted by atomic mass is 9.99. The van der Waals surface area contributed by atoms with Crippen LogP contribution in [-0.4, -0.2) is 11.5 Å². The summed E-state index contributed by atoms with van der Waals surface area (Å²) in [6, 6.07) is 46.8. The van der Waals surface area contributed by atoms with E-state index in [0.717, 1.165) is 73.7 Å². The van der Waals surface area contributed by atoms with Crippen LogP contribution in [0.2, 0.25) is 5.02 Å². The molecule has 232 valence electrons. The average molecular weight is 667 g/mol. The molecule has 0 saturated heterocycles. The molecule has 3 nitrogen and oxygen atoms in total. The molecule has 7 aromatic carbocycles. The molecule has 0 bridgehead atoms. The van der Waals surface area contributed by atoms with Crippen molar-refractivity contribution in [3.05, 3.63) is 161 Å². The molecule has 1 aliphatic rings. The molecule has 5 heteroatoms. The third-order valence-corrected chi connectivity index (χ3v) is 11.1. The van der Waals surface area contributed by atoms with Crippen LogP contribution in [0.1, 0.15) is 29.5 Å². The van der Waals surface area contributed by atoms with Gasteiger partial charge in [0.05, 0.1) is 16.4 Å². The predicted octanol–water partition coefficient (Wildman–Crippen LogP) is 13.0. The first-order chi connectivity index (χ1) is 24.2. The van der Waals surface area contributed by atoms with Crippen molar-refractivity contribution in [2.75, 3.05) is 0 Å². The minimum atomic E-state index is 0.668. The Morgan fingerprint density at radius 3 is 2.16 bits per heavy atom. The predicted molar refractivity (Wildman–Crippen MR) is 210 cm³/mol. The van der Waals surface area contributed by atoms with E-state index in [2.05, 4.69) is 121 Å². The van der Waals surface area contributed by atoms with Crippen molar-refractivity contribution >= 4 is 104 Å². The van der Waals surface area contributed by atoms with Crippen LogP contribution in [0.3, 0.4) is 0 Å². The monoisotopic (exact) mass is 666 g/mol. The lowest BCUT2D eigenvalue weighted by Crippen LogP contribution is -2.09. The molecule has 0 amide bonds. The highest BCUT2D eigenvalue weighted by atomic mass is 35.5. The summed E-state index contributed by atoms with van der Waals surface area (Å²) in [5, 5.41) is 10.0. The number of amidine groups is 1. The Labute approximate surface area is 291 Å². The van der Waals surface area contributed by atoms with E-state index in [4.69, 9.17) is 26.0 Å². The largest absolute Gasteiger partial charge is 0.456 e. The third kappa shape index (κ3) is 4.79. The van der Waals surface area contributed by atoms with Gasteiger partial charge in [0.1, 0.15) is 11.2 Å². The molecule has 2 aromatic heterocycles. The fourth-order valence-corrected chi connectivity index (χ4v) is 8.63. The summed E-state index contributed by atoms with van der Waals surface area (Å²) >= 11 is 8.96. The number of thiophene rings is 1. The number of para-hydroxylation sites is 1. The van der Waals surface area contributed by atoms with Crippen molar-refractivity contribution in [1.29, 1.82) is 0 Å². The molecule has 0 unspecified atom stereocenters. The molecule has 0 radical (unpaired) electrons. The lowest BCUT2D eigenvalue weighted by Gasteiger charge is -2.15. The maximum Gasteiger partial charge on any atom is 0.160 e. The number of halogens is 1. The van der Waals surface area contributed by atoms with Crippen molar-refractivity contribution in [1.82, 2.24) is 0 Å². The standard InChI is InChI=1S/C44H27ClN2OS/c45-37-24-35-34-21-27-10-1-2-11-28(27)23-42(34)49-43(35)25-36(37)39-17-8-16-38(29-19-20-32-31-14-5-6-18-40(31)48-41(32)22-29)46-44(47-39)33-15-7-12-26-9-3-4-13-30(26)33/h1-7,9-15,17-25H,8,16H2/b39-17-,46-38-,47-44-. The summed E-state index contributed by atoms with van der Waals surface area (Å²) in [7, 11) is 0. The highest BCUT2D eigenvalue weighted by molar-refractivity contribution is 7.25. The molecule has 3 heterocycles. The number of hydrogen-bond acceptors (Lipinski definition) is 4. The Balaban J connectivity index is 1.15. The molecule has 0 fully saturated rings. The van der Waals surface area contributed by atoms with E-state index in [1.165, 1.54) is 30.9 Å². The van der Waals surface area contributed by atoms with Gasteiger partial charge in [0, 0.05) is 42.1 Å². The smallest absolute Gasteiger partial charge is 0.160 e. The van der Waals surface area contributed by atoms with Gasteiger partial charge in [-0.15, -0.1) is 11.3 Å². The van der Waals surface area contributed by atoms with Crippen LogP contribution in [0, 0.1) is 0 Å². The van der Waals surface area contributed by atoms with Crippen LogP contribution in [0.25, 0.3) is 69.4 Å². The number of aliphatic imine (C=N–C) groups is 2. The van der Waals surface area contributed by atoms with Crippen molar-refractivity contribution in [2.24, 2.45) is 9.98 Å².